The van der Waals surface area contributed by atoms with Crippen molar-refractivity contribution in [2.24, 2.45) is 23.1 Å². The number of amides is 4. The first kappa shape index (κ1) is 32.5. The van der Waals surface area contributed by atoms with Crippen LogP contribution in [0.1, 0.15) is 48.4 Å². The zero-order chi connectivity index (χ0) is 30.7. The van der Waals surface area contributed by atoms with Gasteiger partial charge in [-0.3, -0.25) is 30.0 Å². The molecule has 12 nitrogen and oxygen atoms in total. The summed E-state index contributed by atoms with van der Waals surface area (Å²) in [4.78, 5) is 54.8. The van der Waals surface area contributed by atoms with Crippen LogP contribution >= 0.6 is 0 Å². The summed E-state index contributed by atoms with van der Waals surface area (Å²) in [6.07, 6.45) is 1.72. The molecular weight excluding hydrogens is 524 g/mol. The number of benzene rings is 2. The SMILES string of the molecule is CCCC[C@H](NC(=O)C(Cc1ccc(C(=N)N)cc1)C(=O)N(C)C)C(=O)N(CC(N)=O)Cc1cccc(C(=N)N)c1. The molecule has 12 heteroatoms. The van der Waals surface area contributed by atoms with Crippen LogP contribution < -0.4 is 22.5 Å². The second kappa shape index (κ2) is 15.2. The van der Waals surface area contributed by atoms with Crippen molar-refractivity contribution in [2.45, 2.75) is 45.2 Å². The molecule has 41 heavy (non-hydrogen) atoms. The Hall–Kier alpha value is -4.74. The van der Waals surface area contributed by atoms with Crippen LogP contribution in [-0.4, -0.2) is 71.8 Å². The van der Waals surface area contributed by atoms with Gasteiger partial charge in [0, 0.05) is 31.8 Å². The van der Waals surface area contributed by atoms with Crippen molar-refractivity contribution in [1.82, 2.24) is 15.1 Å². The molecular formula is C29H40N8O4. The van der Waals surface area contributed by atoms with E-state index in [0.29, 0.717) is 35.1 Å². The van der Waals surface area contributed by atoms with Crippen LogP contribution in [0, 0.1) is 16.7 Å². The lowest BCUT2D eigenvalue weighted by Gasteiger charge is -2.29. The molecule has 2 aromatic rings. The van der Waals surface area contributed by atoms with E-state index < -0.39 is 35.6 Å². The van der Waals surface area contributed by atoms with Crippen LogP contribution in [-0.2, 0) is 32.1 Å². The van der Waals surface area contributed by atoms with Crippen molar-refractivity contribution in [3.8, 4) is 0 Å². The number of nitrogen functional groups attached to an aromatic ring is 2. The van der Waals surface area contributed by atoms with E-state index in [1.165, 1.54) is 9.80 Å². The second-order valence-electron chi connectivity index (χ2n) is 10.1. The van der Waals surface area contributed by atoms with Gasteiger partial charge in [-0.1, -0.05) is 62.2 Å². The van der Waals surface area contributed by atoms with E-state index >= 15 is 0 Å². The van der Waals surface area contributed by atoms with Crippen molar-refractivity contribution in [1.29, 1.82) is 10.8 Å². The molecule has 2 aromatic carbocycles. The van der Waals surface area contributed by atoms with Crippen molar-refractivity contribution in [2.75, 3.05) is 20.6 Å². The maximum absolute atomic E-state index is 13.7. The Morgan fingerprint density at radius 2 is 1.51 bits per heavy atom. The molecule has 9 N–H and O–H groups in total. The van der Waals surface area contributed by atoms with E-state index in [2.05, 4.69) is 5.32 Å². The quantitative estimate of drug-likeness (QED) is 0.104. The highest BCUT2D eigenvalue weighted by molar-refractivity contribution is 6.02. The zero-order valence-electron chi connectivity index (χ0n) is 23.8. The van der Waals surface area contributed by atoms with E-state index in [9.17, 15) is 19.2 Å². The predicted molar refractivity (Wildman–Crippen MR) is 157 cm³/mol. The molecule has 0 aliphatic rings. The summed E-state index contributed by atoms with van der Waals surface area (Å²) in [6.45, 7) is 1.56. The summed E-state index contributed by atoms with van der Waals surface area (Å²) in [5, 5.41) is 18.0. The van der Waals surface area contributed by atoms with E-state index in [1.54, 1.807) is 62.6 Å². The van der Waals surface area contributed by atoms with Gasteiger partial charge in [-0.2, -0.15) is 0 Å². The van der Waals surface area contributed by atoms with Crippen LogP contribution in [0.3, 0.4) is 0 Å². The number of hydrogen-bond donors (Lipinski definition) is 6. The first-order valence-electron chi connectivity index (χ1n) is 13.3. The van der Waals surface area contributed by atoms with Crippen molar-refractivity contribution in [3.05, 3.63) is 70.8 Å². The third-order valence-electron chi connectivity index (χ3n) is 6.49. The lowest BCUT2D eigenvalue weighted by atomic mass is 9.95. The number of primary amides is 1. The normalized spacial score (nSPS) is 12.1. The number of nitrogens with one attached hydrogen (secondary N) is 3. The summed E-state index contributed by atoms with van der Waals surface area (Å²) in [6, 6.07) is 12.4. The van der Waals surface area contributed by atoms with E-state index in [1.807, 2.05) is 6.92 Å². The molecule has 0 aliphatic heterocycles. The molecule has 2 rings (SSSR count). The Kier molecular flexibility index (Phi) is 12.0. The minimum absolute atomic E-state index is 0.00391. The largest absolute Gasteiger partial charge is 0.384 e. The van der Waals surface area contributed by atoms with E-state index in [-0.39, 0.29) is 31.2 Å². The van der Waals surface area contributed by atoms with Gasteiger partial charge < -0.3 is 32.3 Å². The third-order valence-corrected chi connectivity index (χ3v) is 6.49. The number of nitrogens with zero attached hydrogens (tertiary/aromatic N) is 2. The Balaban J connectivity index is 2.35. The fourth-order valence-corrected chi connectivity index (χ4v) is 4.28. The van der Waals surface area contributed by atoms with Gasteiger partial charge in [0.05, 0.1) is 6.54 Å². The standard InChI is InChI=1S/C29H40N8O4/c1-4-5-9-23(29(41)37(17-24(30)38)16-19-7-6-8-21(14-19)26(33)34)35-27(39)22(28(40)36(2)3)15-18-10-12-20(13-11-18)25(31)32/h6-8,10-14,22-23H,4-5,9,15-17H2,1-3H3,(H2,30,38)(H3,31,32)(H3,33,34)(H,35,39)/t22?,23-/m0/s1. The van der Waals surface area contributed by atoms with Crippen LogP contribution in [0.15, 0.2) is 48.5 Å². The molecule has 220 valence electrons. The minimum atomic E-state index is -1.12. The fraction of sp³-hybridized carbons (Fsp3) is 0.379. The maximum Gasteiger partial charge on any atom is 0.245 e. The molecule has 0 saturated carbocycles. The summed E-state index contributed by atoms with van der Waals surface area (Å²) in [5.74, 6) is -3.65. The van der Waals surface area contributed by atoms with Crippen molar-refractivity contribution in [3.63, 3.8) is 0 Å². The second-order valence-corrected chi connectivity index (χ2v) is 10.1. The van der Waals surface area contributed by atoms with Gasteiger partial charge in [0.1, 0.15) is 23.6 Å². The Morgan fingerprint density at radius 1 is 0.878 bits per heavy atom. The molecule has 1 unspecified atom stereocenters. The van der Waals surface area contributed by atoms with E-state index in [4.69, 9.17) is 28.0 Å². The molecule has 0 saturated heterocycles. The minimum Gasteiger partial charge on any atom is -0.384 e. The molecule has 4 amide bonds. The fourth-order valence-electron chi connectivity index (χ4n) is 4.28. The first-order chi connectivity index (χ1) is 19.3. The topological polar surface area (TPSA) is 213 Å². The zero-order valence-corrected chi connectivity index (χ0v) is 23.8. The summed E-state index contributed by atoms with van der Waals surface area (Å²) >= 11 is 0. The molecule has 0 heterocycles. The van der Waals surface area contributed by atoms with Crippen LogP contribution in [0.25, 0.3) is 0 Å². The van der Waals surface area contributed by atoms with Gasteiger partial charge in [-0.25, -0.2) is 0 Å². The lowest BCUT2D eigenvalue weighted by Crippen LogP contribution is -2.53. The lowest BCUT2D eigenvalue weighted by molar-refractivity contribution is -0.144. The van der Waals surface area contributed by atoms with Crippen LogP contribution in [0.2, 0.25) is 0 Å². The molecule has 0 aromatic heterocycles. The van der Waals surface area contributed by atoms with E-state index in [0.717, 1.165) is 6.42 Å². The molecule has 0 bridgehead atoms. The maximum atomic E-state index is 13.7. The molecule has 0 fully saturated rings. The number of carbonyl (C=O) groups excluding carboxylic acids is 4. The Labute approximate surface area is 240 Å². The van der Waals surface area contributed by atoms with Crippen molar-refractivity contribution < 1.29 is 19.2 Å². The Morgan fingerprint density at radius 3 is 2.05 bits per heavy atom. The number of unbranched alkanes of at least 4 members (excludes halogenated alkanes) is 1. The highest BCUT2D eigenvalue weighted by atomic mass is 16.2. The Bertz CT molecular complexity index is 1280. The van der Waals surface area contributed by atoms with Gasteiger partial charge in [0.15, 0.2) is 0 Å². The van der Waals surface area contributed by atoms with Gasteiger partial charge in [0.25, 0.3) is 0 Å². The highest BCUT2D eigenvalue weighted by Gasteiger charge is 2.33. The highest BCUT2D eigenvalue weighted by Crippen LogP contribution is 2.16. The van der Waals surface area contributed by atoms with Crippen molar-refractivity contribution >= 4 is 35.3 Å². The van der Waals surface area contributed by atoms with Gasteiger partial charge in [-0.15, -0.1) is 0 Å². The summed E-state index contributed by atoms with van der Waals surface area (Å²) in [7, 11) is 3.09. The number of amidine groups is 2. The van der Waals surface area contributed by atoms with Gasteiger partial charge >= 0.3 is 0 Å². The number of nitrogens with two attached hydrogens (primary N) is 3. The third kappa shape index (κ3) is 9.75. The number of rotatable bonds is 15. The molecule has 2 atom stereocenters. The van der Waals surface area contributed by atoms with Crippen LogP contribution in [0.5, 0.6) is 0 Å². The monoisotopic (exact) mass is 564 g/mol. The molecule has 0 radical (unpaired) electrons. The smallest absolute Gasteiger partial charge is 0.245 e. The predicted octanol–water partition coefficient (Wildman–Crippen LogP) is 0.691. The van der Waals surface area contributed by atoms with Gasteiger partial charge in [0.2, 0.25) is 23.6 Å². The summed E-state index contributed by atoms with van der Waals surface area (Å²) in [5.41, 5.74) is 18.9. The number of hydrogen-bond acceptors (Lipinski definition) is 6. The number of carbonyl (C=O) groups is 4. The van der Waals surface area contributed by atoms with Crippen LogP contribution in [0.4, 0.5) is 0 Å². The molecule has 0 aliphatic carbocycles. The summed E-state index contributed by atoms with van der Waals surface area (Å²) < 4.78 is 0. The molecule has 0 spiro atoms. The van der Waals surface area contributed by atoms with Gasteiger partial charge in [-0.05, 0) is 30.0 Å². The first-order valence-corrected chi connectivity index (χ1v) is 13.3. The average molecular weight is 565 g/mol. The average Bonchev–Trinajstić information content (AvgIpc) is 2.92.